The van der Waals surface area contributed by atoms with Crippen LogP contribution in [0.25, 0.3) is 0 Å². The molecule has 0 aromatic carbocycles. The molecule has 0 amide bonds. The first-order valence-electron chi connectivity index (χ1n) is 7.64. The lowest BCUT2D eigenvalue weighted by Crippen LogP contribution is -2.43. The fourth-order valence-corrected chi connectivity index (χ4v) is 6.09. The fraction of sp³-hybridized carbons (Fsp3) is 0.800. The molecule has 0 aliphatic carbocycles. The molecule has 0 radical (unpaired) electrons. The van der Waals surface area contributed by atoms with E-state index in [9.17, 15) is 0 Å². The minimum Gasteiger partial charge on any atom is -0.315 e. The molecule has 1 aliphatic rings. The molecule has 3 nitrogen and oxygen atoms in total. The van der Waals surface area contributed by atoms with Crippen molar-refractivity contribution in [2.75, 3.05) is 12.8 Å². The third-order valence-electron chi connectivity index (χ3n) is 4.26. The van der Waals surface area contributed by atoms with E-state index in [2.05, 4.69) is 66.4 Å². The Morgan fingerprint density at radius 2 is 2.14 bits per heavy atom. The van der Waals surface area contributed by atoms with Gasteiger partial charge in [-0.1, -0.05) is 25.4 Å². The number of hydrogen-bond donors (Lipinski definition) is 1. The lowest BCUT2D eigenvalue weighted by Gasteiger charge is -2.36. The number of aryl methyl sites for hydroxylation is 2. The van der Waals surface area contributed by atoms with Crippen LogP contribution in [0.3, 0.4) is 0 Å². The van der Waals surface area contributed by atoms with Gasteiger partial charge in [-0.25, -0.2) is 0 Å². The predicted octanol–water partition coefficient (Wildman–Crippen LogP) is 3.62. The van der Waals surface area contributed by atoms with Gasteiger partial charge in [0, 0.05) is 40.5 Å². The SMILES string of the molecule is CCn1nc(C)c(Cl)c1CC(NC)C1CSC(C)C(C)S1. The Balaban J connectivity index is 2.12. The normalized spacial score (nSPS) is 27.8. The van der Waals surface area contributed by atoms with Crippen molar-refractivity contribution >= 4 is 35.1 Å². The second-order valence-corrected chi connectivity index (χ2v) is 9.09. The van der Waals surface area contributed by atoms with E-state index in [0.717, 1.165) is 28.9 Å². The number of nitrogens with zero attached hydrogens (tertiary/aromatic N) is 2. The fourth-order valence-electron chi connectivity index (χ4n) is 2.71. The van der Waals surface area contributed by atoms with Crippen LogP contribution >= 0.6 is 35.1 Å². The molecule has 21 heavy (non-hydrogen) atoms. The summed E-state index contributed by atoms with van der Waals surface area (Å²) in [5.41, 5.74) is 2.11. The maximum absolute atomic E-state index is 6.46. The summed E-state index contributed by atoms with van der Waals surface area (Å²) in [6.07, 6.45) is 0.948. The molecule has 1 aromatic rings. The lowest BCUT2D eigenvalue weighted by atomic mass is 10.1. The van der Waals surface area contributed by atoms with Crippen LogP contribution in [0.1, 0.15) is 32.2 Å². The number of halogens is 1. The summed E-state index contributed by atoms with van der Waals surface area (Å²) in [4.78, 5) is 0. The number of hydrogen-bond acceptors (Lipinski definition) is 4. The first-order chi connectivity index (χ1) is 9.97. The third kappa shape index (κ3) is 3.92. The van der Waals surface area contributed by atoms with Crippen molar-refractivity contribution in [3.8, 4) is 0 Å². The summed E-state index contributed by atoms with van der Waals surface area (Å²) in [5, 5.41) is 11.0. The molecule has 120 valence electrons. The van der Waals surface area contributed by atoms with Gasteiger partial charge in [-0.2, -0.15) is 28.6 Å². The molecule has 2 heterocycles. The smallest absolute Gasteiger partial charge is 0.0847 e. The molecule has 1 aliphatic heterocycles. The quantitative estimate of drug-likeness (QED) is 0.881. The zero-order valence-corrected chi connectivity index (χ0v) is 15.9. The summed E-state index contributed by atoms with van der Waals surface area (Å²) in [6.45, 7) is 9.66. The third-order valence-corrected chi connectivity index (χ3v) is 8.30. The van der Waals surface area contributed by atoms with E-state index in [1.54, 1.807) is 0 Å². The number of aromatic nitrogens is 2. The van der Waals surface area contributed by atoms with Crippen LogP contribution in [0, 0.1) is 6.92 Å². The van der Waals surface area contributed by atoms with Gasteiger partial charge in [0.1, 0.15) is 0 Å². The van der Waals surface area contributed by atoms with Crippen LogP contribution in [0.15, 0.2) is 0 Å². The molecule has 2 rings (SSSR count). The molecular formula is C15H26ClN3S2. The van der Waals surface area contributed by atoms with E-state index in [1.807, 2.05) is 6.92 Å². The highest BCUT2D eigenvalue weighted by Gasteiger charge is 2.31. The zero-order chi connectivity index (χ0) is 15.6. The van der Waals surface area contributed by atoms with Gasteiger partial charge in [-0.05, 0) is 20.9 Å². The summed E-state index contributed by atoms with van der Waals surface area (Å²) < 4.78 is 2.05. The minimum absolute atomic E-state index is 0.441. The van der Waals surface area contributed by atoms with E-state index in [-0.39, 0.29) is 0 Å². The molecule has 4 unspecified atom stereocenters. The van der Waals surface area contributed by atoms with Crippen LogP contribution in [-0.4, -0.2) is 44.4 Å². The zero-order valence-electron chi connectivity index (χ0n) is 13.5. The molecule has 6 heteroatoms. The number of rotatable bonds is 5. The van der Waals surface area contributed by atoms with Crippen LogP contribution in [0.2, 0.25) is 5.02 Å². The van der Waals surface area contributed by atoms with Crippen LogP contribution in [0.4, 0.5) is 0 Å². The highest BCUT2D eigenvalue weighted by Crippen LogP contribution is 2.38. The highest BCUT2D eigenvalue weighted by atomic mass is 35.5. The Labute approximate surface area is 142 Å². The molecule has 4 atom stereocenters. The predicted molar refractivity (Wildman–Crippen MR) is 97.0 cm³/mol. The van der Waals surface area contributed by atoms with Crippen molar-refractivity contribution in [1.82, 2.24) is 15.1 Å². The molecule has 1 fully saturated rings. The minimum atomic E-state index is 0.441. The number of nitrogens with one attached hydrogen (secondary N) is 1. The summed E-state index contributed by atoms with van der Waals surface area (Å²) in [7, 11) is 2.06. The van der Waals surface area contributed by atoms with Gasteiger partial charge in [0.05, 0.1) is 16.4 Å². The van der Waals surface area contributed by atoms with E-state index in [0.29, 0.717) is 16.5 Å². The standard InChI is InChI=1S/C15H26ClN3S2/c1-6-19-13(15(16)9(2)18-19)7-12(17-5)14-8-20-10(3)11(4)21-14/h10-12,14,17H,6-8H2,1-5H3. The summed E-state index contributed by atoms with van der Waals surface area (Å²) in [6, 6.07) is 0.441. The van der Waals surface area contributed by atoms with Crippen LogP contribution < -0.4 is 5.32 Å². The maximum Gasteiger partial charge on any atom is 0.0847 e. The second-order valence-electron chi connectivity index (χ2n) is 5.68. The van der Waals surface area contributed by atoms with Gasteiger partial charge in [0.15, 0.2) is 0 Å². The van der Waals surface area contributed by atoms with Crippen molar-refractivity contribution in [3.63, 3.8) is 0 Å². The molecule has 0 saturated carbocycles. The van der Waals surface area contributed by atoms with E-state index < -0.39 is 0 Å². The van der Waals surface area contributed by atoms with Crippen molar-refractivity contribution in [2.45, 2.75) is 62.5 Å². The van der Waals surface area contributed by atoms with Gasteiger partial charge in [-0.3, -0.25) is 4.68 Å². The van der Waals surface area contributed by atoms with Gasteiger partial charge in [0.25, 0.3) is 0 Å². The second kappa shape index (κ2) is 7.62. The number of thioether (sulfide) groups is 2. The van der Waals surface area contributed by atoms with Gasteiger partial charge in [-0.15, -0.1) is 0 Å². The average molecular weight is 348 g/mol. The van der Waals surface area contributed by atoms with Gasteiger partial charge >= 0.3 is 0 Å². The van der Waals surface area contributed by atoms with Crippen LogP contribution in [-0.2, 0) is 13.0 Å². The Hall–Kier alpha value is 0.160. The van der Waals surface area contributed by atoms with E-state index >= 15 is 0 Å². The van der Waals surface area contributed by atoms with E-state index in [4.69, 9.17) is 11.6 Å². The molecule has 0 spiro atoms. The first kappa shape index (κ1) is 17.5. The lowest BCUT2D eigenvalue weighted by molar-refractivity contribution is 0.519. The molecule has 0 bridgehead atoms. The number of likely N-dealkylation sites (N-methyl/N-ethyl adjacent to an activating group) is 1. The van der Waals surface area contributed by atoms with Crippen molar-refractivity contribution < 1.29 is 0 Å². The van der Waals surface area contributed by atoms with Crippen LogP contribution in [0.5, 0.6) is 0 Å². The molecular weight excluding hydrogens is 322 g/mol. The molecule has 1 N–H and O–H groups in total. The monoisotopic (exact) mass is 347 g/mol. The van der Waals surface area contributed by atoms with Crippen molar-refractivity contribution in [2.24, 2.45) is 0 Å². The Morgan fingerprint density at radius 3 is 2.71 bits per heavy atom. The van der Waals surface area contributed by atoms with Gasteiger partial charge in [0.2, 0.25) is 0 Å². The first-order valence-corrected chi connectivity index (χ1v) is 10.0. The van der Waals surface area contributed by atoms with Gasteiger partial charge < -0.3 is 5.32 Å². The highest BCUT2D eigenvalue weighted by molar-refractivity contribution is 8.07. The Bertz CT molecular complexity index is 478. The maximum atomic E-state index is 6.46. The summed E-state index contributed by atoms with van der Waals surface area (Å²) >= 11 is 10.7. The van der Waals surface area contributed by atoms with E-state index in [1.165, 1.54) is 11.4 Å². The topological polar surface area (TPSA) is 29.9 Å². The average Bonchev–Trinajstić information content (AvgIpc) is 2.75. The molecule has 1 saturated heterocycles. The molecule has 1 aromatic heterocycles. The van der Waals surface area contributed by atoms with Crippen molar-refractivity contribution in [1.29, 1.82) is 0 Å². The summed E-state index contributed by atoms with van der Waals surface area (Å²) in [5.74, 6) is 1.21. The largest absolute Gasteiger partial charge is 0.315 e. The Morgan fingerprint density at radius 1 is 1.43 bits per heavy atom. The van der Waals surface area contributed by atoms with Crippen molar-refractivity contribution in [3.05, 3.63) is 16.4 Å². The Kier molecular flexibility index (Phi) is 6.36.